The van der Waals surface area contributed by atoms with Crippen LogP contribution in [0.5, 0.6) is 0 Å². The first-order valence-corrected chi connectivity index (χ1v) is 6.27. The van der Waals surface area contributed by atoms with Crippen molar-refractivity contribution in [2.75, 3.05) is 6.54 Å². The van der Waals surface area contributed by atoms with Gasteiger partial charge in [-0.15, -0.1) is 0 Å². The van der Waals surface area contributed by atoms with Crippen LogP contribution in [0.4, 0.5) is 5.82 Å². The standard InChI is InChI=1S/C11H17N5O3/c12-6-8-2-1-3-9(8)13-11(17)7-15-5-4-10(14-15)16(18)19/h4-5,8-9H,1-3,6-7,12H2,(H,13,17). The Morgan fingerprint density at radius 1 is 1.63 bits per heavy atom. The largest absolute Gasteiger partial charge is 0.389 e. The van der Waals surface area contributed by atoms with E-state index in [9.17, 15) is 14.9 Å². The van der Waals surface area contributed by atoms with Gasteiger partial charge in [-0.3, -0.25) is 4.79 Å². The lowest BCUT2D eigenvalue weighted by atomic mass is 10.0. The van der Waals surface area contributed by atoms with Crippen molar-refractivity contribution in [3.63, 3.8) is 0 Å². The molecule has 1 fully saturated rings. The van der Waals surface area contributed by atoms with Gasteiger partial charge in [0.1, 0.15) is 6.54 Å². The summed E-state index contributed by atoms with van der Waals surface area (Å²) in [6, 6.07) is 1.38. The van der Waals surface area contributed by atoms with Crippen molar-refractivity contribution in [2.24, 2.45) is 11.7 Å². The molecule has 0 spiro atoms. The first-order chi connectivity index (χ1) is 9.10. The van der Waals surface area contributed by atoms with Crippen LogP contribution >= 0.6 is 0 Å². The van der Waals surface area contributed by atoms with Crippen LogP contribution in [0.25, 0.3) is 0 Å². The molecule has 1 aromatic heterocycles. The second-order valence-corrected chi connectivity index (χ2v) is 4.73. The van der Waals surface area contributed by atoms with E-state index < -0.39 is 4.92 Å². The minimum atomic E-state index is -0.587. The van der Waals surface area contributed by atoms with E-state index in [1.807, 2.05) is 0 Å². The summed E-state index contributed by atoms with van der Waals surface area (Å²) < 4.78 is 1.26. The first-order valence-electron chi connectivity index (χ1n) is 6.27. The highest BCUT2D eigenvalue weighted by Gasteiger charge is 2.27. The molecule has 2 unspecified atom stereocenters. The lowest BCUT2D eigenvalue weighted by molar-refractivity contribution is -0.389. The van der Waals surface area contributed by atoms with Crippen molar-refractivity contribution in [3.8, 4) is 0 Å². The number of amides is 1. The maximum absolute atomic E-state index is 11.8. The molecule has 0 aliphatic heterocycles. The Morgan fingerprint density at radius 3 is 3.05 bits per heavy atom. The van der Waals surface area contributed by atoms with Gasteiger partial charge >= 0.3 is 5.82 Å². The Bertz CT molecular complexity index is 473. The summed E-state index contributed by atoms with van der Waals surface area (Å²) in [4.78, 5) is 21.7. The molecule has 2 rings (SSSR count). The molecule has 1 aromatic rings. The van der Waals surface area contributed by atoms with Crippen LogP contribution in [-0.4, -0.2) is 33.2 Å². The molecule has 3 N–H and O–H groups in total. The zero-order chi connectivity index (χ0) is 13.8. The molecule has 0 radical (unpaired) electrons. The fraction of sp³-hybridized carbons (Fsp3) is 0.636. The van der Waals surface area contributed by atoms with Gasteiger partial charge in [0.2, 0.25) is 5.91 Å². The fourth-order valence-electron chi connectivity index (χ4n) is 2.44. The summed E-state index contributed by atoms with van der Waals surface area (Å²) in [5, 5.41) is 17.1. The number of hydrogen-bond donors (Lipinski definition) is 2. The Morgan fingerprint density at radius 2 is 2.42 bits per heavy atom. The van der Waals surface area contributed by atoms with Gasteiger partial charge in [0, 0.05) is 6.04 Å². The zero-order valence-corrected chi connectivity index (χ0v) is 10.5. The van der Waals surface area contributed by atoms with E-state index in [1.165, 1.54) is 16.9 Å². The molecular weight excluding hydrogens is 250 g/mol. The summed E-state index contributed by atoms with van der Waals surface area (Å²) in [5.41, 5.74) is 5.65. The van der Waals surface area contributed by atoms with Gasteiger partial charge < -0.3 is 21.2 Å². The van der Waals surface area contributed by atoms with Crippen LogP contribution in [0, 0.1) is 16.0 Å². The van der Waals surface area contributed by atoms with Crippen molar-refractivity contribution < 1.29 is 9.72 Å². The van der Waals surface area contributed by atoms with Gasteiger partial charge in [0.15, 0.2) is 0 Å². The summed E-state index contributed by atoms with van der Waals surface area (Å²) in [7, 11) is 0. The second kappa shape index (κ2) is 5.79. The van der Waals surface area contributed by atoms with Crippen molar-refractivity contribution >= 4 is 11.7 Å². The molecule has 2 atom stereocenters. The van der Waals surface area contributed by atoms with E-state index in [4.69, 9.17) is 5.73 Å². The molecule has 1 amide bonds. The Kier molecular flexibility index (Phi) is 4.10. The summed E-state index contributed by atoms with van der Waals surface area (Å²) >= 11 is 0. The quantitative estimate of drug-likeness (QED) is 0.577. The van der Waals surface area contributed by atoms with Crippen LogP contribution < -0.4 is 11.1 Å². The van der Waals surface area contributed by atoms with Gasteiger partial charge in [0.05, 0.1) is 17.4 Å². The third-order valence-corrected chi connectivity index (χ3v) is 3.43. The van der Waals surface area contributed by atoms with E-state index in [0.29, 0.717) is 12.5 Å². The summed E-state index contributed by atoms with van der Waals surface area (Å²) in [6.45, 7) is 0.555. The predicted octanol–water partition coefficient (Wildman–Crippen LogP) is 0.0349. The highest BCUT2D eigenvalue weighted by molar-refractivity contribution is 5.76. The average Bonchev–Trinajstić information content (AvgIpc) is 2.97. The van der Waals surface area contributed by atoms with Crippen LogP contribution in [0.1, 0.15) is 19.3 Å². The van der Waals surface area contributed by atoms with Crippen molar-refractivity contribution in [1.82, 2.24) is 15.1 Å². The highest BCUT2D eigenvalue weighted by Crippen LogP contribution is 2.24. The van der Waals surface area contributed by atoms with Crippen LogP contribution in [-0.2, 0) is 11.3 Å². The van der Waals surface area contributed by atoms with Gasteiger partial charge in [0.25, 0.3) is 0 Å². The fourth-order valence-corrected chi connectivity index (χ4v) is 2.44. The average molecular weight is 267 g/mol. The van der Waals surface area contributed by atoms with Crippen molar-refractivity contribution in [3.05, 3.63) is 22.4 Å². The third kappa shape index (κ3) is 3.28. The highest BCUT2D eigenvalue weighted by atomic mass is 16.6. The lowest BCUT2D eigenvalue weighted by Crippen LogP contribution is -2.41. The molecule has 19 heavy (non-hydrogen) atoms. The van der Waals surface area contributed by atoms with Crippen molar-refractivity contribution in [1.29, 1.82) is 0 Å². The zero-order valence-electron chi connectivity index (χ0n) is 10.5. The maximum atomic E-state index is 11.8. The SMILES string of the molecule is NCC1CCCC1NC(=O)Cn1ccc([N+](=O)[O-])n1. The summed E-state index contributed by atoms with van der Waals surface area (Å²) in [5.74, 6) is -0.118. The predicted molar refractivity (Wildman–Crippen MR) is 67.2 cm³/mol. The molecule has 0 bridgehead atoms. The lowest BCUT2D eigenvalue weighted by Gasteiger charge is -2.18. The van der Waals surface area contributed by atoms with E-state index in [-0.39, 0.29) is 24.3 Å². The molecular formula is C11H17N5O3. The molecule has 104 valence electrons. The van der Waals surface area contributed by atoms with Gasteiger partial charge in [-0.1, -0.05) is 6.42 Å². The molecule has 1 aliphatic carbocycles. The Hall–Kier alpha value is -1.96. The molecule has 8 nitrogen and oxygen atoms in total. The number of hydrogen-bond acceptors (Lipinski definition) is 5. The molecule has 1 saturated carbocycles. The van der Waals surface area contributed by atoms with Crippen molar-refractivity contribution in [2.45, 2.75) is 31.8 Å². The number of nitro groups is 1. The molecule has 8 heteroatoms. The topological polar surface area (TPSA) is 116 Å². The van der Waals surface area contributed by atoms with E-state index in [0.717, 1.165) is 19.3 Å². The van der Waals surface area contributed by atoms with Gasteiger partial charge in [-0.25, -0.2) is 0 Å². The minimum absolute atomic E-state index is 0.0123. The number of carbonyl (C=O) groups excluding carboxylic acids is 1. The van der Waals surface area contributed by atoms with E-state index in [2.05, 4.69) is 10.4 Å². The van der Waals surface area contributed by atoms with Gasteiger partial charge in [-0.2, -0.15) is 4.68 Å². The number of nitrogens with zero attached hydrogens (tertiary/aromatic N) is 3. The normalized spacial score (nSPS) is 22.4. The molecule has 1 heterocycles. The number of aromatic nitrogens is 2. The van der Waals surface area contributed by atoms with Gasteiger partial charge in [-0.05, 0) is 30.2 Å². The Labute approximate surface area is 110 Å². The van der Waals surface area contributed by atoms with E-state index >= 15 is 0 Å². The Balaban J connectivity index is 1.88. The smallest absolute Gasteiger partial charge is 0.358 e. The number of nitrogens with two attached hydrogens (primary N) is 1. The summed E-state index contributed by atoms with van der Waals surface area (Å²) in [6.07, 6.45) is 4.47. The van der Waals surface area contributed by atoms with Crippen LogP contribution in [0.2, 0.25) is 0 Å². The maximum Gasteiger partial charge on any atom is 0.389 e. The number of rotatable bonds is 5. The minimum Gasteiger partial charge on any atom is -0.358 e. The van der Waals surface area contributed by atoms with Crippen LogP contribution in [0.3, 0.4) is 0 Å². The second-order valence-electron chi connectivity index (χ2n) is 4.73. The molecule has 0 saturated heterocycles. The van der Waals surface area contributed by atoms with E-state index in [1.54, 1.807) is 0 Å². The first kappa shape index (κ1) is 13.5. The number of carbonyl (C=O) groups is 1. The third-order valence-electron chi connectivity index (χ3n) is 3.43. The van der Waals surface area contributed by atoms with Crippen LogP contribution in [0.15, 0.2) is 12.3 Å². The molecule has 0 aromatic carbocycles. The monoisotopic (exact) mass is 267 g/mol. The number of nitrogens with one attached hydrogen (secondary N) is 1. The molecule has 1 aliphatic rings.